The number of carbonyl (C=O) groups excluding carboxylic acids is 1. The Morgan fingerprint density at radius 3 is 2.54 bits per heavy atom. The number of rotatable bonds is 6. The summed E-state index contributed by atoms with van der Waals surface area (Å²) >= 11 is 1.39. The van der Waals surface area contributed by atoms with E-state index in [4.69, 9.17) is 0 Å². The molecule has 0 saturated carbocycles. The maximum Gasteiger partial charge on any atom is 0.416 e. The summed E-state index contributed by atoms with van der Waals surface area (Å²) in [5.74, 6) is 0.564. The molecule has 24 heavy (non-hydrogen) atoms. The molecule has 2 aromatic rings. The van der Waals surface area contributed by atoms with E-state index in [1.165, 1.54) is 35.8 Å². The maximum absolute atomic E-state index is 13.0. The molecule has 0 aliphatic rings. The number of halogens is 3. The summed E-state index contributed by atoms with van der Waals surface area (Å²) in [5.41, 5.74) is 0.252. The number of aromatic nitrogens is 1. The molecule has 0 aliphatic carbocycles. The third-order valence-electron chi connectivity index (χ3n) is 3.36. The van der Waals surface area contributed by atoms with Crippen molar-refractivity contribution in [1.29, 1.82) is 0 Å². The van der Waals surface area contributed by atoms with Gasteiger partial charge in [-0.05, 0) is 23.8 Å². The van der Waals surface area contributed by atoms with Crippen LogP contribution in [0, 0.1) is 0 Å². The van der Waals surface area contributed by atoms with Crippen molar-refractivity contribution in [2.45, 2.75) is 18.5 Å². The number of benzene rings is 1. The molecule has 0 aliphatic heterocycles. The summed E-state index contributed by atoms with van der Waals surface area (Å²) in [6.07, 6.45) is -2.74. The first-order chi connectivity index (χ1) is 11.4. The average molecular weight is 354 g/mol. The lowest BCUT2D eigenvalue weighted by atomic mass is 10.1. The van der Waals surface area contributed by atoms with E-state index in [9.17, 15) is 18.0 Å². The zero-order chi connectivity index (χ0) is 17.6. The van der Waals surface area contributed by atoms with Crippen molar-refractivity contribution in [2.75, 3.05) is 12.8 Å². The quantitative estimate of drug-likeness (QED) is 0.786. The van der Waals surface area contributed by atoms with Gasteiger partial charge in [0.2, 0.25) is 5.91 Å². The number of carbonyl (C=O) groups is 1. The minimum absolute atomic E-state index is 0.0708. The highest BCUT2D eigenvalue weighted by atomic mass is 32.2. The summed E-state index contributed by atoms with van der Waals surface area (Å²) in [7, 11) is 1.51. The van der Waals surface area contributed by atoms with Gasteiger partial charge < -0.3 is 4.90 Å². The molecule has 128 valence electrons. The van der Waals surface area contributed by atoms with E-state index in [1.807, 2.05) is 18.2 Å². The van der Waals surface area contributed by atoms with Crippen molar-refractivity contribution in [2.24, 2.45) is 0 Å². The topological polar surface area (TPSA) is 33.2 Å². The van der Waals surface area contributed by atoms with Crippen LogP contribution in [0.1, 0.15) is 16.8 Å². The average Bonchev–Trinajstić information content (AvgIpc) is 2.55. The third-order valence-corrected chi connectivity index (χ3v) is 4.31. The van der Waals surface area contributed by atoms with E-state index in [0.717, 1.165) is 11.8 Å². The number of alkyl halides is 3. The Labute approximate surface area is 142 Å². The number of pyridine rings is 1. The second kappa shape index (κ2) is 8.19. The standard InChI is InChI=1S/C17H17F3N2OS/c1-22(10-13-6-2-3-8-15(13)17(18,19)20)16(23)12-24-11-14-7-4-5-9-21-14/h2-9H,10-12H2,1H3. The lowest BCUT2D eigenvalue weighted by Gasteiger charge is -2.20. The van der Waals surface area contributed by atoms with Crippen LogP contribution in [0.3, 0.4) is 0 Å². The fourth-order valence-corrected chi connectivity index (χ4v) is 2.99. The van der Waals surface area contributed by atoms with Crippen LogP contribution in [0.4, 0.5) is 13.2 Å². The molecular weight excluding hydrogens is 337 g/mol. The van der Waals surface area contributed by atoms with Crippen molar-refractivity contribution < 1.29 is 18.0 Å². The predicted molar refractivity (Wildman–Crippen MR) is 88.3 cm³/mol. The van der Waals surface area contributed by atoms with Gasteiger partial charge in [0.25, 0.3) is 0 Å². The number of nitrogens with zero attached hydrogens (tertiary/aromatic N) is 2. The van der Waals surface area contributed by atoms with Crippen LogP contribution in [-0.2, 0) is 23.3 Å². The van der Waals surface area contributed by atoms with Crippen LogP contribution in [0.5, 0.6) is 0 Å². The molecule has 0 fully saturated rings. The van der Waals surface area contributed by atoms with Crippen molar-refractivity contribution >= 4 is 17.7 Å². The van der Waals surface area contributed by atoms with Gasteiger partial charge in [0.1, 0.15) is 0 Å². The highest BCUT2D eigenvalue weighted by Crippen LogP contribution is 2.32. The Balaban J connectivity index is 1.90. The third kappa shape index (κ3) is 5.26. The number of thioether (sulfide) groups is 1. The number of amides is 1. The Kier molecular flexibility index (Phi) is 6.25. The van der Waals surface area contributed by atoms with Gasteiger partial charge in [-0.25, -0.2) is 0 Å². The molecule has 0 spiro atoms. The molecule has 0 saturated heterocycles. The van der Waals surface area contributed by atoms with Gasteiger partial charge in [0, 0.05) is 25.5 Å². The van der Waals surface area contributed by atoms with Crippen molar-refractivity contribution in [1.82, 2.24) is 9.88 Å². The first-order valence-corrected chi connectivity index (χ1v) is 8.40. The minimum atomic E-state index is -4.42. The normalized spacial score (nSPS) is 11.3. The smallest absolute Gasteiger partial charge is 0.341 e. The summed E-state index contributed by atoms with van der Waals surface area (Å²) in [6.45, 7) is -0.0708. The number of hydrogen-bond donors (Lipinski definition) is 0. The van der Waals surface area contributed by atoms with E-state index in [-0.39, 0.29) is 23.8 Å². The zero-order valence-electron chi connectivity index (χ0n) is 13.1. The SMILES string of the molecule is CN(Cc1ccccc1C(F)(F)F)C(=O)CSCc1ccccn1. The van der Waals surface area contributed by atoms with Crippen molar-refractivity contribution in [3.8, 4) is 0 Å². The first kappa shape index (κ1) is 18.3. The van der Waals surface area contributed by atoms with E-state index in [2.05, 4.69) is 4.98 Å². The van der Waals surface area contributed by atoms with Gasteiger partial charge in [0.05, 0.1) is 17.0 Å². The Morgan fingerprint density at radius 2 is 1.88 bits per heavy atom. The molecule has 7 heteroatoms. The summed E-state index contributed by atoms with van der Waals surface area (Å²) in [6, 6.07) is 10.9. The van der Waals surface area contributed by atoms with Gasteiger partial charge in [-0.15, -0.1) is 11.8 Å². The van der Waals surface area contributed by atoms with Crippen LogP contribution in [-0.4, -0.2) is 28.6 Å². The van der Waals surface area contributed by atoms with Crippen LogP contribution in [0.2, 0.25) is 0 Å². The van der Waals surface area contributed by atoms with E-state index in [1.54, 1.807) is 12.3 Å². The van der Waals surface area contributed by atoms with Crippen LogP contribution in [0.15, 0.2) is 48.7 Å². The fourth-order valence-electron chi connectivity index (χ4n) is 2.12. The van der Waals surface area contributed by atoms with Crippen LogP contribution < -0.4 is 0 Å². The molecular formula is C17H17F3N2OS. The minimum Gasteiger partial charge on any atom is -0.341 e. The van der Waals surface area contributed by atoms with E-state index >= 15 is 0 Å². The largest absolute Gasteiger partial charge is 0.416 e. The molecule has 1 aromatic carbocycles. The zero-order valence-corrected chi connectivity index (χ0v) is 13.9. The Hall–Kier alpha value is -2.02. The molecule has 0 atom stereocenters. The molecule has 0 N–H and O–H groups in total. The molecule has 1 aromatic heterocycles. The second-order valence-corrected chi connectivity index (χ2v) is 6.20. The highest BCUT2D eigenvalue weighted by molar-refractivity contribution is 7.99. The van der Waals surface area contributed by atoms with Crippen molar-refractivity contribution in [3.05, 3.63) is 65.5 Å². The molecule has 0 radical (unpaired) electrons. The van der Waals surface area contributed by atoms with Gasteiger partial charge >= 0.3 is 6.18 Å². The molecule has 1 heterocycles. The molecule has 2 rings (SSSR count). The summed E-state index contributed by atoms with van der Waals surface area (Å²) in [4.78, 5) is 17.6. The fraction of sp³-hybridized carbons (Fsp3) is 0.294. The van der Waals surface area contributed by atoms with Gasteiger partial charge in [-0.1, -0.05) is 24.3 Å². The number of hydrogen-bond acceptors (Lipinski definition) is 3. The first-order valence-electron chi connectivity index (χ1n) is 7.24. The van der Waals surface area contributed by atoms with Crippen molar-refractivity contribution in [3.63, 3.8) is 0 Å². The molecule has 0 unspecified atom stereocenters. The second-order valence-electron chi connectivity index (χ2n) is 5.22. The monoisotopic (exact) mass is 354 g/mol. The van der Waals surface area contributed by atoms with Gasteiger partial charge in [-0.2, -0.15) is 13.2 Å². The lowest BCUT2D eigenvalue weighted by molar-refractivity contribution is -0.139. The van der Waals surface area contributed by atoms with E-state index in [0.29, 0.717) is 5.75 Å². The van der Waals surface area contributed by atoms with Crippen LogP contribution in [0.25, 0.3) is 0 Å². The van der Waals surface area contributed by atoms with Gasteiger partial charge in [0.15, 0.2) is 0 Å². The van der Waals surface area contributed by atoms with Gasteiger partial charge in [-0.3, -0.25) is 9.78 Å². The molecule has 1 amide bonds. The molecule has 0 bridgehead atoms. The van der Waals surface area contributed by atoms with Crippen LogP contribution >= 0.6 is 11.8 Å². The van der Waals surface area contributed by atoms with E-state index < -0.39 is 11.7 Å². The molecule has 3 nitrogen and oxygen atoms in total. The Bertz CT molecular complexity index is 677. The predicted octanol–water partition coefficient (Wildman–Crippen LogP) is 3.99. The summed E-state index contributed by atoms with van der Waals surface area (Å²) in [5, 5.41) is 0. The summed E-state index contributed by atoms with van der Waals surface area (Å²) < 4.78 is 38.9. The lowest BCUT2D eigenvalue weighted by Crippen LogP contribution is -2.29. The highest BCUT2D eigenvalue weighted by Gasteiger charge is 2.33. The Morgan fingerprint density at radius 1 is 1.17 bits per heavy atom. The maximum atomic E-state index is 13.0.